The summed E-state index contributed by atoms with van der Waals surface area (Å²) < 4.78 is 0. The second-order valence-corrected chi connectivity index (χ2v) is 12.1. The van der Waals surface area contributed by atoms with E-state index >= 15 is 0 Å². The van der Waals surface area contributed by atoms with Crippen molar-refractivity contribution in [3.8, 4) is 11.1 Å². The second-order valence-electron chi connectivity index (χ2n) is 11.3. The maximum Gasteiger partial charge on any atom is 0.132 e. The zero-order valence-electron chi connectivity index (χ0n) is 23.9. The number of ketones is 1. The first-order valence-electron chi connectivity index (χ1n) is 14.8. The summed E-state index contributed by atoms with van der Waals surface area (Å²) in [5, 5.41) is 3.14. The number of nitrogens with zero attached hydrogens (tertiary/aromatic N) is 1. The van der Waals surface area contributed by atoms with Crippen LogP contribution in [0.4, 0.5) is 5.69 Å². The summed E-state index contributed by atoms with van der Waals surface area (Å²) in [7, 11) is 0. The summed E-state index contributed by atoms with van der Waals surface area (Å²) in [6.07, 6.45) is 3.80. The molecule has 6 rings (SSSR count). The van der Waals surface area contributed by atoms with E-state index in [0.717, 1.165) is 58.3 Å². The van der Waals surface area contributed by atoms with Gasteiger partial charge in [-0.15, -0.1) is 0 Å². The molecule has 216 valence electrons. The Kier molecular flexibility index (Phi) is 8.67. The molecule has 0 heterocycles. The lowest BCUT2D eigenvalue weighted by molar-refractivity contribution is -0.121. The number of hydrogen-bond donors (Lipinski definition) is 1. The number of carbonyl (C=O) groups excluding carboxylic acids is 1. The number of hydrogen-bond acceptors (Lipinski definition) is 3. The van der Waals surface area contributed by atoms with Gasteiger partial charge in [-0.2, -0.15) is 0 Å². The number of halogens is 2. The van der Waals surface area contributed by atoms with Crippen LogP contribution in [-0.2, 0) is 16.8 Å². The zero-order valence-corrected chi connectivity index (χ0v) is 25.4. The molecule has 5 aromatic rings. The normalized spacial score (nSPS) is 14.1. The van der Waals surface area contributed by atoms with Crippen molar-refractivity contribution in [3.05, 3.63) is 160 Å². The second kappa shape index (κ2) is 12.8. The smallest absolute Gasteiger partial charge is 0.132 e. The quantitative estimate of drug-likeness (QED) is 0.109. The van der Waals surface area contributed by atoms with Crippen LogP contribution >= 0.6 is 23.2 Å². The molecule has 0 aromatic heterocycles. The number of anilines is 1. The van der Waals surface area contributed by atoms with Crippen molar-refractivity contribution in [1.82, 2.24) is 0 Å². The molecule has 3 nitrogen and oxygen atoms in total. The summed E-state index contributed by atoms with van der Waals surface area (Å²) >= 11 is 13.4. The third kappa shape index (κ3) is 5.73. The van der Waals surface area contributed by atoms with Crippen LogP contribution in [-0.4, -0.2) is 5.78 Å². The third-order valence-electron chi connectivity index (χ3n) is 8.70. The van der Waals surface area contributed by atoms with E-state index < -0.39 is 5.54 Å². The summed E-state index contributed by atoms with van der Waals surface area (Å²) in [6, 6.07) is 43.3. The summed E-state index contributed by atoms with van der Waals surface area (Å²) in [5.74, 6) is 8.20. The van der Waals surface area contributed by atoms with Crippen LogP contribution in [0, 0.1) is 5.92 Å². The summed E-state index contributed by atoms with van der Waals surface area (Å²) in [4.78, 5) is 12.1. The molecule has 0 bridgehead atoms. The highest BCUT2D eigenvalue weighted by atomic mass is 35.5. The molecule has 43 heavy (non-hydrogen) atoms. The highest BCUT2D eigenvalue weighted by Crippen LogP contribution is 2.45. The number of nitrogens with two attached hydrogens (primary N) is 1. The Balaban J connectivity index is 1.58. The van der Waals surface area contributed by atoms with E-state index in [9.17, 15) is 4.79 Å². The van der Waals surface area contributed by atoms with Gasteiger partial charge >= 0.3 is 0 Å². The standard InChI is InChI=1S/C38H34Cl2N2O/c39-34-17-10-18-35(40)37(34)28-21-24-36(29(26-28)25-27-19-22-33(43)23-20-27)42(41)38(30-11-4-1-5-12-30,31-13-6-2-7-14-31)32-15-8-3-9-16-32/h1-18,21,24,26-27H,19-20,22-23,25,41H2. The van der Waals surface area contributed by atoms with E-state index in [4.69, 9.17) is 29.0 Å². The predicted molar refractivity (Wildman–Crippen MR) is 178 cm³/mol. The largest absolute Gasteiger partial charge is 0.300 e. The van der Waals surface area contributed by atoms with Crippen LogP contribution in [0.5, 0.6) is 0 Å². The molecule has 0 radical (unpaired) electrons. The summed E-state index contributed by atoms with van der Waals surface area (Å²) in [5.41, 5.74) is 6.11. The number of hydrazine groups is 1. The van der Waals surface area contributed by atoms with E-state index in [1.165, 1.54) is 0 Å². The van der Waals surface area contributed by atoms with Crippen LogP contribution in [0.15, 0.2) is 127 Å². The molecule has 2 N–H and O–H groups in total. The van der Waals surface area contributed by atoms with Gasteiger partial charge in [0.1, 0.15) is 11.3 Å². The fraction of sp³-hybridized carbons (Fsp3) is 0.184. The van der Waals surface area contributed by atoms with Gasteiger partial charge < -0.3 is 0 Å². The molecule has 0 spiro atoms. The van der Waals surface area contributed by atoms with Crippen molar-refractivity contribution >= 4 is 34.7 Å². The minimum atomic E-state index is -0.829. The predicted octanol–water partition coefficient (Wildman–Crippen LogP) is 9.63. The first-order chi connectivity index (χ1) is 21.0. The van der Waals surface area contributed by atoms with Crippen LogP contribution in [0.25, 0.3) is 11.1 Å². The molecule has 5 heteroatoms. The van der Waals surface area contributed by atoms with E-state index in [1.54, 1.807) is 0 Å². The molecule has 0 saturated heterocycles. The molecule has 0 aliphatic heterocycles. The lowest BCUT2D eigenvalue weighted by atomic mass is 9.75. The average molecular weight is 606 g/mol. The Morgan fingerprint density at radius 2 is 1.16 bits per heavy atom. The van der Waals surface area contributed by atoms with Gasteiger partial charge in [0, 0.05) is 28.5 Å². The van der Waals surface area contributed by atoms with Crippen molar-refractivity contribution in [3.63, 3.8) is 0 Å². The van der Waals surface area contributed by atoms with Gasteiger partial charge in [-0.25, -0.2) is 5.84 Å². The van der Waals surface area contributed by atoms with Crippen molar-refractivity contribution in [2.75, 3.05) is 5.01 Å². The molecule has 1 aliphatic carbocycles. The minimum Gasteiger partial charge on any atom is -0.300 e. The Labute approximate surface area is 263 Å². The van der Waals surface area contributed by atoms with Crippen molar-refractivity contribution in [1.29, 1.82) is 0 Å². The maximum absolute atomic E-state index is 12.1. The van der Waals surface area contributed by atoms with Gasteiger partial charge in [0.05, 0.1) is 5.69 Å². The van der Waals surface area contributed by atoms with Gasteiger partial charge in [-0.3, -0.25) is 9.80 Å². The van der Waals surface area contributed by atoms with Crippen molar-refractivity contribution in [2.45, 2.75) is 37.6 Å². The maximum atomic E-state index is 12.1. The molecular formula is C38H34Cl2N2O. The molecule has 1 fully saturated rings. The van der Waals surface area contributed by atoms with Crippen molar-refractivity contribution < 1.29 is 4.79 Å². The molecule has 0 atom stereocenters. The molecule has 0 amide bonds. The molecule has 5 aromatic carbocycles. The molecular weight excluding hydrogens is 571 g/mol. The van der Waals surface area contributed by atoms with Crippen LogP contribution < -0.4 is 10.9 Å². The number of rotatable bonds is 8. The fourth-order valence-electron chi connectivity index (χ4n) is 6.56. The SMILES string of the molecule is NN(c1ccc(-c2c(Cl)cccc2Cl)cc1CC1CCC(=O)CC1)C(c1ccccc1)(c1ccccc1)c1ccccc1. The first kappa shape index (κ1) is 29.2. The Bertz CT molecular complexity index is 1580. The number of benzene rings is 5. The third-order valence-corrected chi connectivity index (χ3v) is 9.33. The van der Waals surface area contributed by atoms with Crippen LogP contribution in [0.1, 0.15) is 47.9 Å². The Hall–Kier alpha value is -3.89. The lowest BCUT2D eigenvalue weighted by Crippen LogP contribution is -2.53. The van der Waals surface area contributed by atoms with E-state index in [-0.39, 0.29) is 0 Å². The molecule has 1 aliphatic rings. The van der Waals surface area contributed by atoms with Gasteiger partial charge in [-0.1, -0.05) is 126 Å². The Morgan fingerprint density at radius 1 is 0.674 bits per heavy atom. The highest BCUT2D eigenvalue weighted by Gasteiger charge is 2.42. The average Bonchev–Trinajstić information content (AvgIpc) is 3.04. The van der Waals surface area contributed by atoms with E-state index in [0.29, 0.717) is 34.6 Å². The van der Waals surface area contributed by atoms with Gasteiger partial charge in [0.15, 0.2) is 0 Å². The van der Waals surface area contributed by atoms with Crippen LogP contribution in [0.2, 0.25) is 10.0 Å². The first-order valence-corrected chi connectivity index (χ1v) is 15.5. The van der Waals surface area contributed by atoms with Gasteiger partial charge in [-0.05, 0) is 77.3 Å². The molecule has 1 saturated carbocycles. The number of Topliss-reactive ketones (excluding diaryl/α,β-unsaturated/α-hetero) is 1. The van der Waals surface area contributed by atoms with Crippen molar-refractivity contribution in [2.24, 2.45) is 11.8 Å². The fourth-order valence-corrected chi connectivity index (χ4v) is 7.18. The van der Waals surface area contributed by atoms with E-state index in [1.807, 2.05) is 41.4 Å². The van der Waals surface area contributed by atoms with Crippen LogP contribution in [0.3, 0.4) is 0 Å². The lowest BCUT2D eigenvalue weighted by Gasteiger charge is -2.45. The Morgan fingerprint density at radius 3 is 1.65 bits per heavy atom. The van der Waals surface area contributed by atoms with Gasteiger partial charge in [0.2, 0.25) is 0 Å². The number of carbonyl (C=O) groups is 1. The zero-order chi connectivity index (χ0) is 29.8. The highest BCUT2D eigenvalue weighted by molar-refractivity contribution is 6.39. The molecule has 0 unspecified atom stereocenters. The topological polar surface area (TPSA) is 46.3 Å². The van der Waals surface area contributed by atoms with E-state index in [2.05, 4.69) is 91.0 Å². The minimum absolute atomic E-state index is 0.352. The summed E-state index contributed by atoms with van der Waals surface area (Å²) in [6.45, 7) is 0. The monoisotopic (exact) mass is 604 g/mol. The van der Waals surface area contributed by atoms with Gasteiger partial charge in [0.25, 0.3) is 0 Å².